The Morgan fingerprint density at radius 2 is 1.96 bits per heavy atom. The Morgan fingerprint density at radius 3 is 2.67 bits per heavy atom. The van der Waals surface area contributed by atoms with Gasteiger partial charge in [0, 0.05) is 16.8 Å². The molecule has 2 N–H and O–H groups in total. The van der Waals surface area contributed by atoms with Gasteiger partial charge in [-0.05, 0) is 30.3 Å². The predicted molar refractivity (Wildman–Crippen MR) is 90.7 cm³/mol. The Kier molecular flexibility index (Phi) is 4.67. The van der Waals surface area contributed by atoms with Crippen molar-refractivity contribution in [3.63, 3.8) is 0 Å². The highest BCUT2D eigenvalue weighted by Crippen LogP contribution is 2.19. The van der Waals surface area contributed by atoms with Crippen molar-refractivity contribution in [2.75, 3.05) is 0 Å². The Morgan fingerprint density at radius 1 is 1.17 bits per heavy atom. The second kappa shape index (κ2) is 7.06. The van der Waals surface area contributed by atoms with Gasteiger partial charge in [0.2, 0.25) is 0 Å². The quantitative estimate of drug-likeness (QED) is 0.763. The number of rotatable bonds is 4. The third kappa shape index (κ3) is 3.85. The number of amides is 1. The van der Waals surface area contributed by atoms with Crippen molar-refractivity contribution >= 4 is 17.5 Å². The van der Waals surface area contributed by atoms with E-state index in [-0.39, 0.29) is 12.2 Å². The van der Waals surface area contributed by atoms with Crippen LogP contribution in [0.15, 0.2) is 59.5 Å². The molecular weight excluding hydrogens is 328 g/mol. The summed E-state index contributed by atoms with van der Waals surface area (Å²) in [6.45, 7) is 0.264. The van der Waals surface area contributed by atoms with Crippen LogP contribution in [0.3, 0.4) is 0 Å². The SMILES string of the molecule is O=C(NCc1ccccn1)c1cc(-c2ccc(Cl)cc2)nc(=O)[nH]1. The van der Waals surface area contributed by atoms with E-state index in [1.165, 1.54) is 6.07 Å². The van der Waals surface area contributed by atoms with Crippen LogP contribution < -0.4 is 11.0 Å². The number of benzene rings is 1. The van der Waals surface area contributed by atoms with Crippen LogP contribution in [0.25, 0.3) is 11.3 Å². The first kappa shape index (κ1) is 15.9. The summed E-state index contributed by atoms with van der Waals surface area (Å²) in [5, 5.41) is 3.29. The van der Waals surface area contributed by atoms with E-state index in [2.05, 4.69) is 20.3 Å². The number of aromatic nitrogens is 3. The molecule has 7 heteroatoms. The summed E-state index contributed by atoms with van der Waals surface area (Å²) in [5.41, 5.74) is 1.36. The summed E-state index contributed by atoms with van der Waals surface area (Å²) in [6.07, 6.45) is 1.65. The first-order chi connectivity index (χ1) is 11.6. The van der Waals surface area contributed by atoms with E-state index in [4.69, 9.17) is 11.6 Å². The molecule has 2 heterocycles. The number of pyridine rings is 1. The van der Waals surface area contributed by atoms with Crippen molar-refractivity contribution < 1.29 is 4.79 Å². The van der Waals surface area contributed by atoms with E-state index in [9.17, 15) is 9.59 Å². The van der Waals surface area contributed by atoms with E-state index < -0.39 is 11.6 Å². The summed E-state index contributed by atoms with van der Waals surface area (Å²) in [6, 6.07) is 13.8. The molecule has 0 saturated carbocycles. The van der Waals surface area contributed by atoms with E-state index >= 15 is 0 Å². The Labute approximate surface area is 142 Å². The van der Waals surface area contributed by atoms with Gasteiger partial charge in [0.15, 0.2) is 0 Å². The fourth-order valence-corrected chi connectivity index (χ4v) is 2.24. The molecule has 2 aromatic heterocycles. The monoisotopic (exact) mass is 340 g/mol. The highest BCUT2D eigenvalue weighted by Gasteiger charge is 2.10. The Bertz CT molecular complexity index is 908. The number of carbonyl (C=O) groups is 1. The van der Waals surface area contributed by atoms with Gasteiger partial charge in [-0.2, -0.15) is 4.98 Å². The van der Waals surface area contributed by atoms with Crippen molar-refractivity contribution in [3.05, 3.63) is 81.6 Å². The summed E-state index contributed by atoms with van der Waals surface area (Å²) in [4.78, 5) is 34.4. The fourth-order valence-electron chi connectivity index (χ4n) is 2.12. The summed E-state index contributed by atoms with van der Waals surface area (Å²) in [5.74, 6) is -0.407. The first-order valence-corrected chi connectivity index (χ1v) is 7.55. The van der Waals surface area contributed by atoms with Gasteiger partial charge in [0.05, 0.1) is 17.9 Å². The van der Waals surface area contributed by atoms with E-state index in [0.717, 1.165) is 5.69 Å². The number of nitrogens with zero attached hydrogens (tertiary/aromatic N) is 2. The zero-order chi connectivity index (χ0) is 16.9. The zero-order valence-electron chi connectivity index (χ0n) is 12.5. The number of halogens is 1. The molecule has 6 nitrogen and oxygen atoms in total. The lowest BCUT2D eigenvalue weighted by atomic mass is 10.1. The normalized spacial score (nSPS) is 10.4. The molecule has 0 aliphatic heterocycles. The van der Waals surface area contributed by atoms with Crippen LogP contribution in [0.5, 0.6) is 0 Å². The van der Waals surface area contributed by atoms with Crippen molar-refractivity contribution in [3.8, 4) is 11.3 Å². The molecule has 120 valence electrons. The smallest absolute Gasteiger partial charge is 0.345 e. The molecule has 0 saturated heterocycles. The van der Waals surface area contributed by atoms with Gasteiger partial charge in [-0.1, -0.05) is 29.8 Å². The number of hydrogen-bond donors (Lipinski definition) is 2. The molecule has 0 bridgehead atoms. The summed E-state index contributed by atoms with van der Waals surface area (Å²) < 4.78 is 0. The molecule has 0 atom stereocenters. The molecule has 3 aromatic rings. The van der Waals surface area contributed by atoms with Gasteiger partial charge in [-0.3, -0.25) is 9.78 Å². The average Bonchev–Trinajstić information content (AvgIpc) is 2.60. The van der Waals surface area contributed by atoms with Crippen LogP contribution in [0.4, 0.5) is 0 Å². The molecule has 0 radical (unpaired) electrons. The number of H-pyrrole nitrogens is 1. The molecule has 0 aliphatic rings. The highest BCUT2D eigenvalue weighted by atomic mass is 35.5. The molecule has 1 aromatic carbocycles. The predicted octanol–water partition coefficient (Wildman–Crippen LogP) is 2.42. The zero-order valence-corrected chi connectivity index (χ0v) is 13.2. The van der Waals surface area contributed by atoms with Crippen LogP contribution >= 0.6 is 11.6 Å². The van der Waals surface area contributed by atoms with Gasteiger partial charge in [0.1, 0.15) is 5.69 Å². The Hall–Kier alpha value is -2.99. The lowest BCUT2D eigenvalue weighted by molar-refractivity contribution is 0.0945. The van der Waals surface area contributed by atoms with Crippen LogP contribution in [-0.4, -0.2) is 20.9 Å². The lowest BCUT2D eigenvalue weighted by Crippen LogP contribution is -2.27. The van der Waals surface area contributed by atoms with Crippen molar-refractivity contribution in [1.82, 2.24) is 20.3 Å². The molecule has 3 rings (SSSR count). The molecule has 0 spiro atoms. The van der Waals surface area contributed by atoms with Crippen molar-refractivity contribution in [2.45, 2.75) is 6.54 Å². The van der Waals surface area contributed by atoms with Crippen LogP contribution in [0, 0.1) is 0 Å². The summed E-state index contributed by atoms with van der Waals surface area (Å²) >= 11 is 5.85. The molecule has 0 fully saturated rings. The van der Waals surface area contributed by atoms with E-state index in [0.29, 0.717) is 16.3 Å². The third-order valence-corrected chi connectivity index (χ3v) is 3.54. The minimum atomic E-state index is -0.592. The molecule has 24 heavy (non-hydrogen) atoms. The molecule has 0 unspecified atom stereocenters. The van der Waals surface area contributed by atoms with Crippen LogP contribution in [-0.2, 0) is 6.54 Å². The molecular formula is C17H13ClN4O2. The second-order valence-electron chi connectivity index (χ2n) is 5.00. The number of nitrogens with one attached hydrogen (secondary N) is 2. The number of aromatic amines is 1. The van der Waals surface area contributed by atoms with Gasteiger partial charge < -0.3 is 10.3 Å². The first-order valence-electron chi connectivity index (χ1n) is 7.17. The van der Waals surface area contributed by atoms with Gasteiger partial charge >= 0.3 is 5.69 Å². The third-order valence-electron chi connectivity index (χ3n) is 3.29. The Balaban J connectivity index is 1.81. The maximum absolute atomic E-state index is 12.2. The topological polar surface area (TPSA) is 87.7 Å². The second-order valence-corrected chi connectivity index (χ2v) is 5.43. The van der Waals surface area contributed by atoms with Gasteiger partial charge in [-0.15, -0.1) is 0 Å². The number of carbonyl (C=O) groups excluding carboxylic acids is 1. The maximum atomic E-state index is 12.2. The van der Waals surface area contributed by atoms with Crippen LogP contribution in [0.1, 0.15) is 16.2 Å². The van der Waals surface area contributed by atoms with Gasteiger partial charge in [0.25, 0.3) is 5.91 Å². The summed E-state index contributed by atoms with van der Waals surface area (Å²) in [7, 11) is 0. The van der Waals surface area contributed by atoms with Gasteiger partial charge in [-0.25, -0.2) is 4.79 Å². The maximum Gasteiger partial charge on any atom is 0.346 e. The standard InChI is InChI=1S/C17H13ClN4O2/c18-12-6-4-11(5-7-12)14-9-15(22-17(24)21-14)16(23)20-10-13-3-1-2-8-19-13/h1-9H,10H2,(H,20,23)(H,21,22,24). The minimum Gasteiger partial charge on any atom is -0.345 e. The molecule has 1 amide bonds. The minimum absolute atomic E-state index is 0.135. The average molecular weight is 341 g/mol. The van der Waals surface area contributed by atoms with Crippen molar-refractivity contribution in [1.29, 1.82) is 0 Å². The van der Waals surface area contributed by atoms with E-state index in [1.54, 1.807) is 42.6 Å². The van der Waals surface area contributed by atoms with Crippen molar-refractivity contribution in [2.24, 2.45) is 0 Å². The largest absolute Gasteiger partial charge is 0.346 e. The fraction of sp³-hybridized carbons (Fsp3) is 0.0588. The lowest BCUT2D eigenvalue weighted by Gasteiger charge is -2.06. The number of hydrogen-bond acceptors (Lipinski definition) is 4. The highest BCUT2D eigenvalue weighted by molar-refractivity contribution is 6.30. The van der Waals surface area contributed by atoms with Crippen LogP contribution in [0.2, 0.25) is 5.02 Å². The molecule has 0 aliphatic carbocycles. The van der Waals surface area contributed by atoms with E-state index in [1.807, 2.05) is 6.07 Å².